The van der Waals surface area contributed by atoms with Gasteiger partial charge in [0.2, 0.25) is 0 Å². The maximum Gasteiger partial charge on any atom is 0.416 e. The SMILES string of the molecule is Cc1ccc(C)c(Cc2c(C)nc(-c3ccccc3)nc2N2CCN(C(=O)c3cccc(C(F)(F)F)c3)CC2)c1. The highest BCUT2D eigenvalue weighted by atomic mass is 19.4. The van der Waals surface area contributed by atoms with Crippen molar-refractivity contribution in [3.05, 3.63) is 112 Å². The first kappa shape index (κ1) is 27.4. The number of hydrogen-bond acceptors (Lipinski definition) is 4. The van der Waals surface area contributed by atoms with Gasteiger partial charge >= 0.3 is 6.18 Å². The molecule has 0 bridgehead atoms. The largest absolute Gasteiger partial charge is 0.416 e. The fourth-order valence-corrected chi connectivity index (χ4v) is 5.08. The molecule has 3 aromatic carbocycles. The van der Waals surface area contributed by atoms with E-state index >= 15 is 0 Å². The number of carbonyl (C=O) groups excluding carboxylic acids is 1. The van der Waals surface area contributed by atoms with Gasteiger partial charge in [0.25, 0.3) is 5.91 Å². The summed E-state index contributed by atoms with van der Waals surface area (Å²) in [5, 5.41) is 0. The van der Waals surface area contributed by atoms with Crippen LogP contribution in [0.2, 0.25) is 0 Å². The molecule has 1 amide bonds. The van der Waals surface area contributed by atoms with Crippen molar-refractivity contribution in [2.24, 2.45) is 0 Å². The molecule has 0 atom stereocenters. The Kier molecular flexibility index (Phi) is 7.61. The van der Waals surface area contributed by atoms with Crippen molar-refractivity contribution in [2.45, 2.75) is 33.4 Å². The predicted molar refractivity (Wildman–Crippen MR) is 150 cm³/mol. The van der Waals surface area contributed by atoms with E-state index < -0.39 is 17.6 Å². The van der Waals surface area contributed by atoms with Crippen molar-refractivity contribution in [3.63, 3.8) is 0 Å². The number of benzene rings is 3. The molecule has 1 saturated heterocycles. The van der Waals surface area contributed by atoms with Gasteiger partial charge in [-0.3, -0.25) is 4.79 Å². The third-order valence-corrected chi connectivity index (χ3v) is 7.40. The van der Waals surface area contributed by atoms with Gasteiger partial charge in [0.1, 0.15) is 5.82 Å². The average Bonchev–Trinajstić information content (AvgIpc) is 2.95. The van der Waals surface area contributed by atoms with Crippen molar-refractivity contribution < 1.29 is 18.0 Å². The minimum Gasteiger partial charge on any atom is -0.353 e. The first-order valence-electron chi connectivity index (χ1n) is 13.3. The Hall–Kier alpha value is -4.20. The summed E-state index contributed by atoms with van der Waals surface area (Å²) in [5.41, 5.74) is 5.66. The molecule has 8 heteroatoms. The van der Waals surface area contributed by atoms with Crippen LogP contribution < -0.4 is 4.90 Å². The molecule has 1 aliphatic rings. The summed E-state index contributed by atoms with van der Waals surface area (Å²) >= 11 is 0. The fraction of sp³-hybridized carbons (Fsp3) is 0.281. The molecule has 40 heavy (non-hydrogen) atoms. The minimum absolute atomic E-state index is 0.0446. The fourth-order valence-electron chi connectivity index (χ4n) is 5.08. The van der Waals surface area contributed by atoms with Crippen molar-refractivity contribution in [1.82, 2.24) is 14.9 Å². The van der Waals surface area contributed by atoms with E-state index in [1.807, 2.05) is 37.3 Å². The number of aromatic nitrogens is 2. The van der Waals surface area contributed by atoms with Crippen LogP contribution in [0.5, 0.6) is 0 Å². The standard InChI is InChI=1S/C32H31F3N4O/c1-21-12-13-22(2)26(18-21)20-28-23(3)36-29(24-8-5-4-6-9-24)37-30(28)38-14-16-39(17-15-38)31(40)25-10-7-11-27(19-25)32(33,34)35/h4-13,18-19H,14-17,20H2,1-3H3. The molecule has 0 aliphatic carbocycles. The van der Waals surface area contributed by atoms with E-state index in [2.05, 4.69) is 36.9 Å². The van der Waals surface area contributed by atoms with E-state index in [0.717, 1.165) is 34.8 Å². The van der Waals surface area contributed by atoms with Crippen LogP contribution in [0.25, 0.3) is 11.4 Å². The first-order chi connectivity index (χ1) is 19.1. The molecule has 1 fully saturated rings. The van der Waals surface area contributed by atoms with Crippen molar-refractivity contribution in [1.29, 1.82) is 0 Å². The summed E-state index contributed by atoms with van der Waals surface area (Å²) in [6.07, 6.45) is -3.82. The predicted octanol–water partition coefficient (Wildman–Crippen LogP) is 6.64. The molecule has 0 unspecified atom stereocenters. The summed E-state index contributed by atoms with van der Waals surface area (Å²) in [6, 6.07) is 20.9. The molecule has 0 spiro atoms. The first-order valence-corrected chi connectivity index (χ1v) is 13.3. The van der Waals surface area contributed by atoms with E-state index in [0.29, 0.717) is 38.4 Å². The van der Waals surface area contributed by atoms with Crippen LogP contribution in [0.1, 0.15) is 43.9 Å². The Balaban J connectivity index is 1.44. The zero-order chi connectivity index (χ0) is 28.4. The number of halogens is 3. The Morgan fingerprint density at radius 1 is 0.850 bits per heavy atom. The van der Waals surface area contributed by atoms with E-state index in [4.69, 9.17) is 9.97 Å². The summed E-state index contributed by atoms with van der Waals surface area (Å²) in [4.78, 5) is 26.8. The van der Waals surface area contributed by atoms with Crippen molar-refractivity contribution >= 4 is 11.7 Å². The maximum atomic E-state index is 13.2. The van der Waals surface area contributed by atoms with Gasteiger partial charge in [-0.25, -0.2) is 9.97 Å². The molecule has 4 aromatic rings. The van der Waals surface area contributed by atoms with Gasteiger partial charge in [-0.2, -0.15) is 13.2 Å². The van der Waals surface area contributed by atoms with E-state index in [1.54, 1.807) is 4.90 Å². The number of aryl methyl sites for hydroxylation is 3. The number of rotatable bonds is 5. The van der Waals surface area contributed by atoms with Crippen molar-refractivity contribution in [3.8, 4) is 11.4 Å². The highest BCUT2D eigenvalue weighted by Crippen LogP contribution is 2.31. The zero-order valence-electron chi connectivity index (χ0n) is 22.8. The number of hydrogen-bond donors (Lipinski definition) is 0. The lowest BCUT2D eigenvalue weighted by Crippen LogP contribution is -2.49. The van der Waals surface area contributed by atoms with Gasteiger partial charge in [0.15, 0.2) is 5.82 Å². The van der Waals surface area contributed by atoms with Crippen LogP contribution in [0, 0.1) is 20.8 Å². The summed E-state index contributed by atoms with van der Waals surface area (Å²) in [7, 11) is 0. The molecule has 0 radical (unpaired) electrons. The molecular formula is C32H31F3N4O. The van der Waals surface area contributed by atoms with E-state index in [-0.39, 0.29) is 5.56 Å². The molecule has 1 aromatic heterocycles. The van der Waals surface area contributed by atoms with Gasteiger partial charge in [0, 0.05) is 55.0 Å². The lowest BCUT2D eigenvalue weighted by atomic mass is 9.97. The van der Waals surface area contributed by atoms with Gasteiger partial charge in [-0.1, -0.05) is 60.2 Å². The zero-order valence-corrected chi connectivity index (χ0v) is 22.8. The third-order valence-electron chi connectivity index (χ3n) is 7.40. The molecular weight excluding hydrogens is 513 g/mol. The highest BCUT2D eigenvalue weighted by Gasteiger charge is 2.32. The molecule has 5 nitrogen and oxygen atoms in total. The van der Waals surface area contributed by atoms with Crippen LogP contribution in [-0.4, -0.2) is 47.0 Å². The summed E-state index contributed by atoms with van der Waals surface area (Å²) in [5.74, 6) is 1.07. The third kappa shape index (κ3) is 5.86. The second kappa shape index (κ2) is 11.1. The van der Waals surface area contributed by atoms with Crippen LogP contribution in [-0.2, 0) is 12.6 Å². The smallest absolute Gasteiger partial charge is 0.353 e. The van der Waals surface area contributed by atoms with Gasteiger partial charge in [0.05, 0.1) is 5.56 Å². The Morgan fingerprint density at radius 2 is 1.57 bits per heavy atom. The molecule has 2 heterocycles. The topological polar surface area (TPSA) is 49.3 Å². The lowest BCUT2D eigenvalue weighted by Gasteiger charge is -2.36. The summed E-state index contributed by atoms with van der Waals surface area (Å²) in [6.45, 7) is 7.95. The second-order valence-electron chi connectivity index (χ2n) is 10.3. The molecule has 0 saturated carbocycles. The van der Waals surface area contributed by atoms with Crippen LogP contribution in [0.3, 0.4) is 0 Å². The lowest BCUT2D eigenvalue weighted by molar-refractivity contribution is -0.137. The average molecular weight is 545 g/mol. The quantitative estimate of drug-likeness (QED) is 0.283. The highest BCUT2D eigenvalue weighted by molar-refractivity contribution is 5.94. The molecule has 5 rings (SSSR count). The Labute approximate surface area is 232 Å². The number of alkyl halides is 3. The molecule has 0 N–H and O–H groups in total. The normalized spacial score (nSPS) is 13.9. The number of amides is 1. The Bertz CT molecular complexity index is 1530. The number of anilines is 1. The van der Waals surface area contributed by atoms with Crippen LogP contribution in [0.4, 0.5) is 19.0 Å². The van der Waals surface area contributed by atoms with Crippen LogP contribution >= 0.6 is 0 Å². The number of carbonyl (C=O) groups is 1. The van der Waals surface area contributed by atoms with Gasteiger partial charge in [-0.05, 0) is 50.1 Å². The Morgan fingerprint density at radius 3 is 2.27 bits per heavy atom. The maximum absolute atomic E-state index is 13.2. The van der Waals surface area contributed by atoms with E-state index in [9.17, 15) is 18.0 Å². The van der Waals surface area contributed by atoms with Crippen LogP contribution in [0.15, 0.2) is 72.8 Å². The van der Waals surface area contributed by atoms with Crippen molar-refractivity contribution in [2.75, 3.05) is 31.1 Å². The minimum atomic E-state index is -4.50. The number of piperazine rings is 1. The second-order valence-corrected chi connectivity index (χ2v) is 10.3. The molecule has 206 valence electrons. The molecule has 1 aliphatic heterocycles. The number of nitrogens with zero attached hydrogens (tertiary/aromatic N) is 4. The van der Waals surface area contributed by atoms with E-state index in [1.165, 1.54) is 28.8 Å². The monoisotopic (exact) mass is 544 g/mol. The van der Waals surface area contributed by atoms with Gasteiger partial charge in [-0.15, -0.1) is 0 Å². The van der Waals surface area contributed by atoms with Gasteiger partial charge < -0.3 is 9.80 Å². The summed E-state index contributed by atoms with van der Waals surface area (Å²) < 4.78 is 39.6.